The Morgan fingerprint density at radius 3 is 2.71 bits per heavy atom. The zero-order chi connectivity index (χ0) is 13.0. The van der Waals surface area contributed by atoms with E-state index in [1.807, 2.05) is 0 Å². The molecule has 0 N–H and O–H groups in total. The summed E-state index contributed by atoms with van der Waals surface area (Å²) in [6, 6.07) is 1.17. The second-order valence-corrected chi connectivity index (χ2v) is 3.43. The number of carbonyl (C=O) groups excluding carboxylic acids is 1. The van der Waals surface area contributed by atoms with Crippen molar-refractivity contribution in [2.75, 3.05) is 7.11 Å². The van der Waals surface area contributed by atoms with Gasteiger partial charge in [0.25, 0.3) is 6.43 Å². The molecule has 1 aromatic rings. The Kier molecular flexibility index (Phi) is 4.74. The van der Waals surface area contributed by atoms with Crippen LogP contribution in [0.4, 0.5) is 13.2 Å². The van der Waals surface area contributed by atoms with Crippen LogP contribution in [-0.2, 0) is 21.8 Å². The van der Waals surface area contributed by atoms with E-state index in [-0.39, 0.29) is 17.1 Å². The highest BCUT2D eigenvalue weighted by atomic mass is 35.5. The van der Waals surface area contributed by atoms with Crippen LogP contribution in [0.1, 0.15) is 23.4 Å². The van der Waals surface area contributed by atoms with E-state index >= 15 is 0 Å². The maximum atomic E-state index is 13.5. The van der Waals surface area contributed by atoms with Crippen molar-refractivity contribution in [2.45, 2.75) is 18.7 Å². The summed E-state index contributed by atoms with van der Waals surface area (Å²) in [5, 5.41) is 0. The molecule has 17 heavy (non-hydrogen) atoms. The number of methoxy groups -OCH3 is 1. The standard InChI is InChI=1S/C10H9ClF3NO2/c1-17-7(16)3-5-2-6(4-11)15-9(8(5)12)10(13)14/h2,10H,3-4H2,1H3. The lowest BCUT2D eigenvalue weighted by Gasteiger charge is -2.08. The van der Waals surface area contributed by atoms with E-state index in [0.717, 1.165) is 7.11 Å². The molecule has 0 atom stereocenters. The molecule has 0 fully saturated rings. The van der Waals surface area contributed by atoms with Gasteiger partial charge in [-0.15, -0.1) is 11.6 Å². The fourth-order valence-electron chi connectivity index (χ4n) is 1.23. The predicted octanol–water partition coefficient (Wildman–Crippen LogP) is 2.61. The Balaban J connectivity index is 3.19. The van der Waals surface area contributed by atoms with Crippen molar-refractivity contribution in [3.05, 3.63) is 28.8 Å². The number of alkyl halides is 3. The zero-order valence-electron chi connectivity index (χ0n) is 8.84. The molecule has 0 aliphatic heterocycles. The Hall–Kier alpha value is -1.30. The van der Waals surface area contributed by atoms with Crippen molar-refractivity contribution in [1.82, 2.24) is 4.98 Å². The number of ether oxygens (including phenoxy) is 1. The number of hydrogen-bond donors (Lipinski definition) is 0. The first kappa shape index (κ1) is 13.8. The molecule has 0 spiro atoms. The summed E-state index contributed by atoms with van der Waals surface area (Å²) in [7, 11) is 1.12. The zero-order valence-corrected chi connectivity index (χ0v) is 9.60. The van der Waals surface area contributed by atoms with Gasteiger partial charge in [0.1, 0.15) is 5.69 Å². The van der Waals surface area contributed by atoms with Crippen molar-refractivity contribution in [3.63, 3.8) is 0 Å². The Morgan fingerprint density at radius 1 is 1.59 bits per heavy atom. The maximum Gasteiger partial charge on any atom is 0.310 e. The lowest BCUT2D eigenvalue weighted by Crippen LogP contribution is -2.10. The molecule has 3 nitrogen and oxygen atoms in total. The smallest absolute Gasteiger partial charge is 0.310 e. The second-order valence-electron chi connectivity index (χ2n) is 3.16. The van der Waals surface area contributed by atoms with Crippen LogP contribution in [0.25, 0.3) is 0 Å². The van der Waals surface area contributed by atoms with Gasteiger partial charge in [-0.25, -0.2) is 18.2 Å². The topological polar surface area (TPSA) is 39.2 Å². The first-order chi connectivity index (χ1) is 7.99. The van der Waals surface area contributed by atoms with E-state index in [0.29, 0.717) is 0 Å². The molecule has 0 amide bonds. The van der Waals surface area contributed by atoms with E-state index in [9.17, 15) is 18.0 Å². The summed E-state index contributed by atoms with van der Waals surface area (Å²) in [5.74, 6) is -2.07. The molecule has 1 aromatic heterocycles. The predicted molar refractivity (Wildman–Crippen MR) is 54.4 cm³/mol. The van der Waals surface area contributed by atoms with Crippen LogP contribution >= 0.6 is 11.6 Å². The number of nitrogens with zero attached hydrogens (tertiary/aromatic N) is 1. The number of esters is 1. The summed E-state index contributed by atoms with van der Waals surface area (Å²) in [6.07, 6.45) is -3.50. The van der Waals surface area contributed by atoms with Crippen LogP contribution in [0.2, 0.25) is 0 Å². The molecule has 0 saturated carbocycles. The minimum atomic E-state index is -3.06. The minimum absolute atomic E-state index is 0.0854. The number of pyridine rings is 1. The van der Waals surface area contributed by atoms with Crippen LogP contribution < -0.4 is 0 Å². The van der Waals surface area contributed by atoms with E-state index in [1.165, 1.54) is 6.07 Å². The Labute approximate surface area is 101 Å². The highest BCUT2D eigenvalue weighted by molar-refractivity contribution is 6.16. The van der Waals surface area contributed by atoms with E-state index in [4.69, 9.17) is 11.6 Å². The molecular weight excluding hydrogens is 259 g/mol. The van der Waals surface area contributed by atoms with Gasteiger partial charge in [0.2, 0.25) is 0 Å². The largest absolute Gasteiger partial charge is 0.469 e. The third kappa shape index (κ3) is 3.33. The maximum absolute atomic E-state index is 13.5. The molecule has 1 heterocycles. The molecule has 1 rings (SSSR count). The number of rotatable bonds is 4. The van der Waals surface area contributed by atoms with Crippen molar-refractivity contribution < 1.29 is 22.7 Å². The van der Waals surface area contributed by atoms with Crippen molar-refractivity contribution in [2.24, 2.45) is 0 Å². The quantitative estimate of drug-likeness (QED) is 0.622. The fourth-order valence-corrected chi connectivity index (χ4v) is 1.37. The molecule has 0 aromatic carbocycles. The van der Waals surface area contributed by atoms with Gasteiger partial charge < -0.3 is 4.74 Å². The number of halogens is 4. The minimum Gasteiger partial charge on any atom is -0.469 e. The highest BCUT2D eigenvalue weighted by Gasteiger charge is 2.21. The molecule has 7 heteroatoms. The van der Waals surface area contributed by atoms with Crippen LogP contribution in [0.15, 0.2) is 6.07 Å². The molecule has 0 aliphatic rings. The Morgan fingerprint density at radius 2 is 2.24 bits per heavy atom. The molecule has 0 saturated heterocycles. The van der Waals surface area contributed by atoms with Gasteiger partial charge in [0.05, 0.1) is 25.1 Å². The van der Waals surface area contributed by atoms with Gasteiger partial charge in [-0.1, -0.05) is 0 Å². The average Bonchev–Trinajstić information content (AvgIpc) is 2.31. The molecule has 0 radical (unpaired) electrons. The van der Waals surface area contributed by atoms with Crippen LogP contribution in [0, 0.1) is 5.82 Å². The highest BCUT2D eigenvalue weighted by Crippen LogP contribution is 2.24. The van der Waals surface area contributed by atoms with Crippen LogP contribution in [-0.4, -0.2) is 18.1 Å². The number of aromatic nitrogens is 1. The molecule has 94 valence electrons. The first-order valence-corrected chi connectivity index (χ1v) is 5.12. The SMILES string of the molecule is COC(=O)Cc1cc(CCl)nc(C(F)F)c1F. The summed E-state index contributed by atoms with van der Waals surface area (Å²) in [5.41, 5.74) is -1.11. The normalized spacial score (nSPS) is 10.7. The summed E-state index contributed by atoms with van der Waals surface area (Å²) >= 11 is 5.45. The van der Waals surface area contributed by atoms with Gasteiger partial charge in [0.15, 0.2) is 5.82 Å². The summed E-state index contributed by atoms with van der Waals surface area (Å²) in [6.45, 7) is 0. The summed E-state index contributed by atoms with van der Waals surface area (Å²) in [4.78, 5) is 14.4. The lowest BCUT2D eigenvalue weighted by molar-refractivity contribution is -0.139. The average molecular weight is 268 g/mol. The fraction of sp³-hybridized carbons (Fsp3) is 0.400. The molecular formula is C10H9ClF3NO2. The number of hydrogen-bond acceptors (Lipinski definition) is 3. The third-order valence-corrected chi connectivity index (χ3v) is 2.29. The van der Waals surface area contributed by atoms with E-state index in [2.05, 4.69) is 9.72 Å². The second kappa shape index (κ2) is 5.86. The van der Waals surface area contributed by atoms with Gasteiger partial charge in [-0.05, 0) is 6.07 Å². The van der Waals surface area contributed by atoms with Crippen molar-refractivity contribution >= 4 is 17.6 Å². The first-order valence-electron chi connectivity index (χ1n) is 4.58. The summed E-state index contributed by atoms with van der Waals surface area (Å²) < 4.78 is 42.8. The monoisotopic (exact) mass is 267 g/mol. The van der Waals surface area contributed by atoms with Crippen molar-refractivity contribution in [1.29, 1.82) is 0 Å². The third-order valence-electron chi connectivity index (χ3n) is 2.02. The number of carbonyl (C=O) groups is 1. The van der Waals surface area contributed by atoms with Gasteiger partial charge in [-0.3, -0.25) is 4.79 Å². The van der Waals surface area contributed by atoms with Crippen LogP contribution in [0.3, 0.4) is 0 Å². The van der Waals surface area contributed by atoms with E-state index in [1.54, 1.807) is 0 Å². The molecule has 0 unspecified atom stereocenters. The van der Waals surface area contributed by atoms with Gasteiger partial charge in [0, 0.05) is 5.56 Å². The lowest BCUT2D eigenvalue weighted by atomic mass is 10.1. The van der Waals surface area contributed by atoms with Gasteiger partial charge >= 0.3 is 5.97 Å². The molecule has 0 aliphatic carbocycles. The van der Waals surface area contributed by atoms with Gasteiger partial charge in [-0.2, -0.15) is 0 Å². The van der Waals surface area contributed by atoms with Crippen molar-refractivity contribution in [3.8, 4) is 0 Å². The van der Waals surface area contributed by atoms with Crippen LogP contribution in [0.5, 0.6) is 0 Å². The Bertz CT molecular complexity index is 426. The molecule has 0 bridgehead atoms. The van der Waals surface area contributed by atoms with E-state index < -0.39 is 30.3 Å².